The molecule has 4 rings (SSSR count). The van der Waals surface area contributed by atoms with E-state index in [1.807, 2.05) is 50.2 Å². The molecule has 0 spiro atoms. The summed E-state index contributed by atoms with van der Waals surface area (Å²) in [5.41, 5.74) is 2.95. The largest absolute Gasteiger partial charge is 0.379 e. The molecule has 0 bridgehead atoms. The molecule has 2 saturated heterocycles. The van der Waals surface area contributed by atoms with Crippen molar-refractivity contribution in [2.75, 3.05) is 39.4 Å². The molecule has 2 heterocycles. The van der Waals surface area contributed by atoms with E-state index in [1.165, 1.54) is 4.90 Å². The molecule has 3 amide bonds. The lowest BCUT2D eigenvalue weighted by Crippen LogP contribution is -2.35. The second-order valence-electron chi connectivity index (χ2n) is 8.90. The van der Waals surface area contributed by atoms with Gasteiger partial charge >= 0.3 is 6.03 Å². The summed E-state index contributed by atoms with van der Waals surface area (Å²) < 4.78 is 20.6. The second-order valence-corrected chi connectivity index (χ2v) is 8.90. The van der Waals surface area contributed by atoms with Crippen LogP contribution in [0.1, 0.15) is 25.0 Å². The third-order valence-corrected chi connectivity index (χ3v) is 5.89. The van der Waals surface area contributed by atoms with Crippen LogP contribution in [-0.2, 0) is 22.6 Å². The molecular formula is C25H30FN3O3. The first-order chi connectivity index (χ1) is 15.4. The first-order valence-corrected chi connectivity index (χ1v) is 11.2. The van der Waals surface area contributed by atoms with Crippen molar-refractivity contribution in [3.63, 3.8) is 0 Å². The van der Waals surface area contributed by atoms with Crippen molar-refractivity contribution in [3.8, 4) is 11.1 Å². The van der Waals surface area contributed by atoms with Gasteiger partial charge < -0.3 is 9.64 Å². The number of hydrogen-bond acceptors (Lipinski definition) is 4. The number of halogens is 1. The molecule has 0 N–H and O–H groups in total. The zero-order chi connectivity index (χ0) is 22.7. The van der Waals surface area contributed by atoms with Crippen molar-refractivity contribution < 1.29 is 18.7 Å². The fraction of sp³-hybridized carbons (Fsp3) is 0.440. The number of rotatable bonds is 7. The Hall–Kier alpha value is -2.77. The van der Waals surface area contributed by atoms with Crippen LogP contribution in [0, 0.1) is 11.7 Å². The summed E-state index contributed by atoms with van der Waals surface area (Å²) in [4.78, 5) is 29.8. The van der Waals surface area contributed by atoms with Crippen LogP contribution >= 0.6 is 0 Å². The van der Waals surface area contributed by atoms with Crippen molar-refractivity contribution in [2.45, 2.75) is 26.9 Å². The summed E-state index contributed by atoms with van der Waals surface area (Å²) in [5.74, 6) is -0.119. The maximum Gasteiger partial charge on any atom is 0.327 e. The van der Waals surface area contributed by atoms with E-state index in [0.29, 0.717) is 44.0 Å². The zero-order valence-corrected chi connectivity index (χ0v) is 18.7. The molecule has 0 unspecified atom stereocenters. The third kappa shape index (κ3) is 5.00. The van der Waals surface area contributed by atoms with E-state index in [0.717, 1.165) is 24.2 Å². The second kappa shape index (κ2) is 9.79. The molecule has 0 aliphatic carbocycles. The first-order valence-electron chi connectivity index (χ1n) is 11.2. The summed E-state index contributed by atoms with van der Waals surface area (Å²) >= 11 is 0. The SMILES string of the molecule is CC(C)CN1C(=O)CN(Cc2ccc(-c3cccc(CN4CCOCC4)c3F)cc2)C1=O. The quantitative estimate of drug-likeness (QED) is 0.617. The van der Waals surface area contributed by atoms with Crippen molar-refractivity contribution in [1.29, 1.82) is 0 Å². The minimum atomic E-state index is -0.241. The lowest BCUT2D eigenvalue weighted by molar-refractivity contribution is -0.125. The number of carbonyl (C=O) groups is 2. The number of amides is 3. The number of hydrogen-bond donors (Lipinski definition) is 0. The van der Waals surface area contributed by atoms with Crippen LogP contribution in [-0.4, -0.2) is 66.0 Å². The van der Waals surface area contributed by atoms with E-state index < -0.39 is 0 Å². The molecule has 0 saturated carbocycles. The standard InChI is InChI=1S/C25H30FN3O3/c1-18(2)14-29-23(30)17-28(25(29)31)15-19-6-8-20(9-7-19)22-5-3-4-21(24(22)26)16-27-10-12-32-13-11-27/h3-9,18H,10-17H2,1-2H3. The molecule has 6 nitrogen and oxygen atoms in total. The van der Waals surface area contributed by atoms with Crippen molar-refractivity contribution >= 4 is 11.9 Å². The summed E-state index contributed by atoms with van der Waals surface area (Å²) in [7, 11) is 0. The number of benzene rings is 2. The fourth-order valence-corrected chi connectivity index (χ4v) is 4.20. The Morgan fingerprint density at radius 2 is 1.72 bits per heavy atom. The number of urea groups is 1. The van der Waals surface area contributed by atoms with Crippen LogP contribution in [0.4, 0.5) is 9.18 Å². The smallest absolute Gasteiger partial charge is 0.327 e. The van der Waals surface area contributed by atoms with Gasteiger partial charge in [0.15, 0.2) is 0 Å². The van der Waals surface area contributed by atoms with E-state index in [1.54, 1.807) is 11.0 Å². The van der Waals surface area contributed by atoms with Gasteiger partial charge in [-0.1, -0.05) is 56.3 Å². The van der Waals surface area contributed by atoms with E-state index in [4.69, 9.17) is 4.74 Å². The normalized spacial score (nSPS) is 17.6. The minimum Gasteiger partial charge on any atom is -0.379 e. The molecule has 2 aliphatic heterocycles. The summed E-state index contributed by atoms with van der Waals surface area (Å²) in [6.07, 6.45) is 0. The molecule has 32 heavy (non-hydrogen) atoms. The molecule has 0 aromatic heterocycles. The van der Waals surface area contributed by atoms with Crippen LogP contribution in [0.3, 0.4) is 0 Å². The maximum atomic E-state index is 15.2. The van der Waals surface area contributed by atoms with Gasteiger partial charge in [-0.2, -0.15) is 0 Å². The molecule has 0 atom stereocenters. The van der Waals surface area contributed by atoms with Gasteiger partial charge in [-0.25, -0.2) is 9.18 Å². The fourth-order valence-electron chi connectivity index (χ4n) is 4.20. The number of imide groups is 1. The highest BCUT2D eigenvalue weighted by Gasteiger charge is 2.35. The molecule has 0 radical (unpaired) electrons. The van der Waals surface area contributed by atoms with Gasteiger partial charge in [-0.05, 0) is 17.0 Å². The Bertz CT molecular complexity index is 971. The predicted octanol–water partition coefficient (Wildman–Crippen LogP) is 3.75. The Morgan fingerprint density at radius 3 is 2.41 bits per heavy atom. The number of carbonyl (C=O) groups excluding carboxylic acids is 2. The molecule has 2 fully saturated rings. The van der Waals surface area contributed by atoms with E-state index in [9.17, 15) is 9.59 Å². The highest BCUT2D eigenvalue weighted by atomic mass is 19.1. The van der Waals surface area contributed by atoms with Crippen molar-refractivity contribution in [1.82, 2.24) is 14.7 Å². The molecule has 2 aromatic carbocycles. The van der Waals surface area contributed by atoms with E-state index >= 15 is 4.39 Å². The monoisotopic (exact) mass is 439 g/mol. The van der Waals surface area contributed by atoms with Gasteiger partial charge in [-0.15, -0.1) is 0 Å². The average molecular weight is 440 g/mol. The molecule has 170 valence electrons. The Morgan fingerprint density at radius 1 is 1.00 bits per heavy atom. The first kappa shape index (κ1) is 22.4. The lowest BCUT2D eigenvalue weighted by atomic mass is 10.0. The highest BCUT2D eigenvalue weighted by Crippen LogP contribution is 2.27. The van der Waals surface area contributed by atoms with Crippen LogP contribution < -0.4 is 0 Å². The minimum absolute atomic E-state index is 0.103. The predicted molar refractivity (Wildman–Crippen MR) is 120 cm³/mol. The molecular weight excluding hydrogens is 409 g/mol. The number of nitrogens with zero attached hydrogens (tertiary/aromatic N) is 3. The zero-order valence-electron chi connectivity index (χ0n) is 18.7. The Kier molecular flexibility index (Phi) is 6.86. The van der Waals surface area contributed by atoms with Gasteiger partial charge in [0.2, 0.25) is 5.91 Å². The van der Waals surface area contributed by atoms with Crippen molar-refractivity contribution in [2.24, 2.45) is 5.92 Å². The molecule has 7 heteroatoms. The van der Waals surface area contributed by atoms with Crippen LogP contribution in [0.25, 0.3) is 11.1 Å². The van der Waals surface area contributed by atoms with E-state index in [2.05, 4.69) is 4.90 Å². The van der Waals surface area contributed by atoms with Gasteiger partial charge in [-0.3, -0.25) is 14.6 Å². The van der Waals surface area contributed by atoms with Crippen LogP contribution in [0.5, 0.6) is 0 Å². The van der Waals surface area contributed by atoms with Gasteiger partial charge in [0, 0.05) is 43.9 Å². The summed E-state index contributed by atoms with van der Waals surface area (Å²) in [6.45, 7) is 8.42. The number of morpholine rings is 1. The van der Waals surface area contributed by atoms with Gasteiger partial charge in [0.1, 0.15) is 12.4 Å². The van der Waals surface area contributed by atoms with Crippen LogP contribution in [0.15, 0.2) is 42.5 Å². The summed E-state index contributed by atoms with van der Waals surface area (Å²) in [6, 6.07) is 12.8. The van der Waals surface area contributed by atoms with Crippen LogP contribution in [0.2, 0.25) is 0 Å². The van der Waals surface area contributed by atoms with Gasteiger partial charge in [0.05, 0.1) is 13.2 Å². The lowest BCUT2D eigenvalue weighted by Gasteiger charge is -2.27. The Labute approximate surface area is 188 Å². The topological polar surface area (TPSA) is 53.1 Å². The molecule has 2 aliphatic rings. The third-order valence-electron chi connectivity index (χ3n) is 5.89. The van der Waals surface area contributed by atoms with Crippen molar-refractivity contribution in [3.05, 3.63) is 59.4 Å². The van der Waals surface area contributed by atoms with E-state index in [-0.39, 0.29) is 30.2 Å². The maximum absolute atomic E-state index is 15.2. The van der Waals surface area contributed by atoms with Gasteiger partial charge in [0.25, 0.3) is 0 Å². The Balaban J connectivity index is 1.44. The molecule has 2 aromatic rings. The summed E-state index contributed by atoms with van der Waals surface area (Å²) in [5, 5.41) is 0. The average Bonchev–Trinajstić information content (AvgIpc) is 3.03. The highest BCUT2D eigenvalue weighted by molar-refractivity contribution is 6.01. The number of ether oxygens (including phenoxy) is 1.